The van der Waals surface area contributed by atoms with Crippen molar-refractivity contribution < 1.29 is 14.4 Å². The average Bonchev–Trinajstić information content (AvgIpc) is 3.12. The zero-order valence-electron chi connectivity index (χ0n) is 22.0. The summed E-state index contributed by atoms with van der Waals surface area (Å²) >= 11 is 12.3. The number of nitrogens with zero attached hydrogens (tertiary/aromatic N) is 1. The number of hydrogen-bond acceptors (Lipinski definition) is 4. The minimum atomic E-state index is -0.578. The molecule has 40 heavy (non-hydrogen) atoms. The van der Waals surface area contributed by atoms with Gasteiger partial charge in [0.2, 0.25) is 5.91 Å². The summed E-state index contributed by atoms with van der Waals surface area (Å²) in [6.45, 7) is 1.26. The van der Waals surface area contributed by atoms with Crippen molar-refractivity contribution in [1.29, 1.82) is 0 Å². The lowest BCUT2D eigenvalue weighted by Gasteiger charge is -2.31. The van der Waals surface area contributed by atoms with E-state index in [0.29, 0.717) is 52.4 Å². The number of carbonyl (C=O) groups is 3. The first-order chi connectivity index (χ1) is 19.3. The van der Waals surface area contributed by atoms with E-state index in [1.807, 2.05) is 30.3 Å². The van der Waals surface area contributed by atoms with E-state index in [2.05, 4.69) is 10.6 Å². The lowest BCUT2D eigenvalue weighted by atomic mass is 9.81. The van der Waals surface area contributed by atoms with E-state index >= 15 is 0 Å². The van der Waals surface area contributed by atoms with E-state index in [1.165, 1.54) is 6.07 Å². The Morgan fingerprint density at radius 3 is 2.45 bits per heavy atom. The number of fused-ring (bicyclic) bond motifs is 1. The van der Waals surface area contributed by atoms with E-state index in [0.717, 1.165) is 31.2 Å². The smallest absolute Gasteiger partial charge is 0.258 e. The van der Waals surface area contributed by atoms with Gasteiger partial charge in [0.25, 0.3) is 11.8 Å². The lowest BCUT2D eigenvalue weighted by Crippen LogP contribution is -2.35. The highest BCUT2D eigenvalue weighted by molar-refractivity contribution is 6.42. The Balaban J connectivity index is 1.47. The SMILES string of the molecule is NCC1CCCC(CNC(=O)c2ccc3c(c2)NC(=O)CC(c2ccccc2)N3C(=O)c2ccc(Cl)c(Cl)c2)C1. The van der Waals surface area contributed by atoms with Gasteiger partial charge in [-0.05, 0) is 79.6 Å². The van der Waals surface area contributed by atoms with Crippen LogP contribution in [0.4, 0.5) is 11.4 Å². The molecule has 4 N–H and O–H groups in total. The van der Waals surface area contributed by atoms with Gasteiger partial charge in [-0.3, -0.25) is 19.3 Å². The molecular weight excluding hydrogens is 547 g/mol. The van der Waals surface area contributed by atoms with Crippen LogP contribution in [0.3, 0.4) is 0 Å². The molecule has 3 aromatic carbocycles. The maximum absolute atomic E-state index is 14.0. The summed E-state index contributed by atoms with van der Waals surface area (Å²) in [6, 6.07) is 18.6. The number of benzene rings is 3. The largest absolute Gasteiger partial charge is 0.352 e. The fourth-order valence-corrected chi connectivity index (χ4v) is 6.02. The van der Waals surface area contributed by atoms with Gasteiger partial charge >= 0.3 is 0 Å². The molecule has 3 unspecified atom stereocenters. The number of nitrogens with two attached hydrogens (primary N) is 1. The van der Waals surface area contributed by atoms with Crippen molar-refractivity contribution in [2.45, 2.75) is 38.1 Å². The molecule has 3 aromatic rings. The Hall–Kier alpha value is -3.39. The summed E-state index contributed by atoms with van der Waals surface area (Å²) < 4.78 is 0. The van der Waals surface area contributed by atoms with E-state index in [-0.39, 0.29) is 29.2 Å². The fourth-order valence-electron chi connectivity index (χ4n) is 5.73. The number of nitrogens with one attached hydrogen (secondary N) is 2. The Morgan fingerprint density at radius 1 is 0.950 bits per heavy atom. The van der Waals surface area contributed by atoms with E-state index in [1.54, 1.807) is 35.2 Å². The normalized spacial score (nSPS) is 20.7. The van der Waals surface area contributed by atoms with Crippen molar-refractivity contribution in [2.24, 2.45) is 17.6 Å². The van der Waals surface area contributed by atoms with Gasteiger partial charge in [-0.25, -0.2) is 0 Å². The van der Waals surface area contributed by atoms with Crippen molar-refractivity contribution in [3.63, 3.8) is 0 Å². The Labute approximate surface area is 244 Å². The van der Waals surface area contributed by atoms with Gasteiger partial charge in [-0.2, -0.15) is 0 Å². The molecule has 2 aliphatic rings. The lowest BCUT2D eigenvalue weighted by molar-refractivity contribution is -0.116. The van der Waals surface area contributed by atoms with E-state index in [9.17, 15) is 14.4 Å². The summed E-state index contributed by atoms with van der Waals surface area (Å²) in [5.74, 6) is 0.0899. The van der Waals surface area contributed by atoms with Gasteiger partial charge in [-0.1, -0.05) is 60.0 Å². The van der Waals surface area contributed by atoms with Crippen molar-refractivity contribution >= 4 is 52.3 Å². The van der Waals surface area contributed by atoms with Gasteiger partial charge in [0, 0.05) is 17.7 Å². The number of amides is 3. The number of anilines is 2. The molecule has 3 atom stereocenters. The molecular formula is C31H32Cl2N4O3. The molecule has 1 heterocycles. The second-order valence-corrected chi connectivity index (χ2v) is 11.4. The van der Waals surface area contributed by atoms with Crippen molar-refractivity contribution in [3.8, 4) is 0 Å². The maximum atomic E-state index is 14.0. The first kappa shape index (κ1) is 28.1. The van der Waals surface area contributed by atoms with Crippen LogP contribution in [-0.4, -0.2) is 30.8 Å². The maximum Gasteiger partial charge on any atom is 0.258 e. The summed E-state index contributed by atoms with van der Waals surface area (Å²) in [5, 5.41) is 6.57. The standard InChI is InChI=1S/C31H32Cl2N4O3/c32-24-11-9-23(14-25(24)33)31(40)37-27-12-10-22(30(39)35-18-20-6-4-5-19(13-20)17-34)15-26(27)36-29(38)16-28(37)21-7-2-1-3-8-21/h1-3,7-12,14-15,19-20,28H,4-6,13,16-18,34H2,(H,35,39)(H,36,38). The molecule has 1 fully saturated rings. The van der Waals surface area contributed by atoms with Crippen molar-refractivity contribution in [2.75, 3.05) is 23.3 Å². The molecule has 0 spiro atoms. The first-order valence-corrected chi connectivity index (χ1v) is 14.4. The zero-order valence-corrected chi connectivity index (χ0v) is 23.5. The highest BCUT2D eigenvalue weighted by Crippen LogP contribution is 2.40. The molecule has 3 amide bonds. The minimum Gasteiger partial charge on any atom is -0.352 e. The monoisotopic (exact) mass is 578 g/mol. The molecule has 1 saturated carbocycles. The van der Waals surface area contributed by atoms with Crippen LogP contribution in [0.5, 0.6) is 0 Å². The molecule has 0 saturated heterocycles. The number of carbonyl (C=O) groups excluding carboxylic acids is 3. The van der Waals surface area contributed by atoms with Gasteiger partial charge in [0.05, 0.1) is 33.9 Å². The molecule has 208 valence electrons. The Kier molecular flexibility index (Phi) is 8.74. The van der Waals surface area contributed by atoms with Gasteiger partial charge in [-0.15, -0.1) is 0 Å². The van der Waals surface area contributed by atoms with Crippen LogP contribution in [0.2, 0.25) is 10.0 Å². The Morgan fingerprint density at radius 2 is 1.70 bits per heavy atom. The quantitative estimate of drug-likeness (QED) is 0.323. The van der Waals surface area contributed by atoms with Gasteiger partial charge in [0.15, 0.2) is 0 Å². The molecule has 0 radical (unpaired) electrons. The molecule has 0 aromatic heterocycles. The van der Waals surface area contributed by atoms with Crippen molar-refractivity contribution in [1.82, 2.24) is 5.32 Å². The predicted molar refractivity (Wildman–Crippen MR) is 159 cm³/mol. The summed E-state index contributed by atoms with van der Waals surface area (Å²) in [4.78, 5) is 41.8. The zero-order chi connectivity index (χ0) is 28.2. The van der Waals surface area contributed by atoms with Crippen LogP contribution in [0.1, 0.15) is 64.4 Å². The summed E-state index contributed by atoms with van der Waals surface area (Å²) in [7, 11) is 0. The molecule has 9 heteroatoms. The van der Waals surface area contributed by atoms with Gasteiger partial charge in [0.1, 0.15) is 0 Å². The number of halogens is 2. The van der Waals surface area contributed by atoms with Crippen LogP contribution >= 0.6 is 23.2 Å². The van der Waals surface area contributed by atoms with Gasteiger partial charge < -0.3 is 16.4 Å². The first-order valence-electron chi connectivity index (χ1n) is 13.6. The van der Waals surface area contributed by atoms with E-state index in [4.69, 9.17) is 28.9 Å². The molecule has 5 rings (SSSR count). The highest BCUT2D eigenvalue weighted by Gasteiger charge is 2.35. The van der Waals surface area contributed by atoms with E-state index < -0.39 is 6.04 Å². The molecule has 1 aliphatic heterocycles. The third-order valence-electron chi connectivity index (χ3n) is 7.83. The highest BCUT2D eigenvalue weighted by atomic mass is 35.5. The second-order valence-electron chi connectivity index (χ2n) is 10.6. The summed E-state index contributed by atoms with van der Waals surface area (Å²) in [5.41, 5.74) is 8.31. The fraction of sp³-hybridized carbons (Fsp3) is 0.323. The molecule has 0 bridgehead atoms. The molecule has 1 aliphatic carbocycles. The summed E-state index contributed by atoms with van der Waals surface area (Å²) in [6.07, 6.45) is 4.40. The number of rotatable bonds is 6. The van der Waals surface area contributed by atoms with Crippen molar-refractivity contribution in [3.05, 3.63) is 93.5 Å². The van der Waals surface area contributed by atoms with Crippen LogP contribution in [0, 0.1) is 11.8 Å². The topological polar surface area (TPSA) is 105 Å². The van der Waals surface area contributed by atoms with Crippen LogP contribution < -0.4 is 21.3 Å². The number of hydrogen-bond donors (Lipinski definition) is 3. The Bertz CT molecular complexity index is 1410. The minimum absolute atomic E-state index is 0.0390. The van der Waals surface area contributed by atoms with Crippen LogP contribution in [0.15, 0.2) is 66.7 Å². The molecule has 7 nitrogen and oxygen atoms in total. The van der Waals surface area contributed by atoms with Crippen LogP contribution in [-0.2, 0) is 4.79 Å². The van der Waals surface area contributed by atoms with Crippen LogP contribution in [0.25, 0.3) is 0 Å². The average molecular weight is 580 g/mol. The third kappa shape index (κ3) is 6.17. The third-order valence-corrected chi connectivity index (χ3v) is 8.57. The predicted octanol–water partition coefficient (Wildman–Crippen LogP) is 6.22. The second kappa shape index (κ2) is 12.4.